The minimum atomic E-state index is -0.156. The van der Waals surface area contributed by atoms with Crippen LogP contribution in [0, 0.1) is 6.92 Å². The van der Waals surface area contributed by atoms with Gasteiger partial charge >= 0.3 is 0 Å². The highest BCUT2D eigenvalue weighted by molar-refractivity contribution is 6.13. The predicted octanol–water partition coefficient (Wildman–Crippen LogP) is 5.04. The van der Waals surface area contributed by atoms with Crippen molar-refractivity contribution in [3.05, 3.63) is 72.1 Å². The minimum absolute atomic E-state index is 0.156. The van der Waals surface area contributed by atoms with Crippen LogP contribution in [0.5, 0.6) is 0 Å². The number of anilines is 2. The van der Waals surface area contributed by atoms with Gasteiger partial charge in [-0.3, -0.25) is 9.48 Å². The summed E-state index contributed by atoms with van der Waals surface area (Å²) in [6.45, 7) is 8.16. The molecule has 6 nitrogen and oxygen atoms in total. The Balaban J connectivity index is 1.70. The SMILES string of the molecule is CCN(CC)c1ccc(NC(=O)c2cc(-c3cnn(C)c3C)nc3ccccc23)cc1. The first-order valence-corrected chi connectivity index (χ1v) is 10.6. The van der Waals surface area contributed by atoms with Crippen molar-refractivity contribution in [3.8, 4) is 11.3 Å². The number of carbonyl (C=O) groups is 1. The summed E-state index contributed by atoms with van der Waals surface area (Å²) in [4.78, 5) is 20.3. The summed E-state index contributed by atoms with van der Waals surface area (Å²) in [7, 11) is 1.90. The molecule has 0 saturated heterocycles. The second-order valence-electron chi connectivity index (χ2n) is 7.51. The van der Waals surface area contributed by atoms with Gasteiger partial charge in [-0.25, -0.2) is 4.98 Å². The lowest BCUT2D eigenvalue weighted by molar-refractivity contribution is 0.102. The van der Waals surface area contributed by atoms with E-state index in [2.05, 4.69) is 29.2 Å². The first kappa shape index (κ1) is 20.6. The molecule has 2 aromatic carbocycles. The Morgan fingerprint density at radius 1 is 1.06 bits per heavy atom. The molecule has 0 unspecified atom stereocenters. The van der Waals surface area contributed by atoms with Gasteiger partial charge in [0, 0.05) is 48.2 Å². The summed E-state index contributed by atoms with van der Waals surface area (Å²) < 4.78 is 1.81. The standard InChI is InChI=1S/C25H27N5O/c1-5-30(6-2)19-13-11-18(12-14-19)27-25(31)21-15-24(22-16-26-29(4)17(22)3)28-23-10-8-7-9-20(21)23/h7-16H,5-6H2,1-4H3,(H,27,31). The normalized spacial score (nSPS) is 11.0. The fourth-order valence-corrected chi connectivity index (χ4v) is 3.79. The maximum absolute atomic E-state index is 13.3. The molecular formula is C25H27N5O. The number of fused-ring (bicyclic) bond motifs is 1. The predicted molar refractivity (Wildman–Crippen MR) is 127 cm³/mol. The van der Waals surface area contributed by atoms with Crippen molar-refractivity contribution < 1.29 is 4.79 Å². The molecule has 0 radical (unpaired) electrons. The largest absolute Gasteiger partial charge is 0.372 e. The second-order valence-corrected chi connectivity index (χ2v) is 7.51. The number of pyridine rings is 1. The number of aryl methyl sites for hydroxylation is 1. The first-order valence-electron chi connectivity index (χ1n) is 10.6. The highest BCUT2D eigenvalue weighted by Gasteiger charge is 2.16. The fourth-order valence-electron chi connectivity index (χ4n) is 3.79. The molecule has 0 fully saturated rings. The van der Waals surface area contributed by atoms with Gasteiger partial charge in [-0.2, -0.15) is 5.10 Å². The van der Waals surface area contributed by atoms with Gasteiger partial charge in [0.15, 0.2) is 0 Å². The Morgan fingerprint density at radius 2 is 1.77 bits per heavy atom. The second kappa shape index (κ2) is 8.60. The van der Waals surface area contributed by atoms with E-state index in [0.29, 0.717) is 5.56 Å². The van der Waals surface area contributed by atoms with E-state index in [0.717, 1.165) is 52.3 Å². The minimum Gasteiger partial charge on any atom is -0.372 e. The number of benzene rings is 2. The summed E-state index contributed by atoms with van der Waals surface area (Å²) in [6.07, 6.45) is 1.79. The molecule has 0 bridgehead atoms. The number of nitrogens with zero attached hydrogens (tertiary/aromatic N) is 4. The van der Waals surface area contributed by atoms with Crippen LogP contribution in [0.25, 0.3) is 22.2 Å². The van der Waals surface area contributed by atoms with Gasteiger partial charge in [-0.1, -0.05) is 18.2 Å². The molecule has 1 N–H and O–H groups in total. The van der Waals surface area contributed by atoms with Crippen molar-refractivity contribution in [1.82, 2.24) is 14.8 Å². The third-order valence-electron chi connectivity index (χ3n) is 5.73. The molecule has 6 heteroatoms. The lowest BCUT2D eigenvalue weighted by Gasteiger charge is -2.21. The van der Waals surface area contributed by atoms with Crippen molar-refractivity contribution in [1.29, 1.82) is 0 Å². The van der Waals surface area contributed by atoms with Crippen LogP contribution in [-0.2, 0) is 7.05 Å². The van der Waals surface area contributed by atoms with Gasteiger partial charge in [0.25, 0.3) is 5.91 Å². The Hall–Kier alpha value is -3.67. The van der Waals surface area contributed by atoms with E-state index in [1.165, 1.54) is 0 Å². The number of hydrogen-bond acceptors (Lipinski definition) is 4. The summed E-state index contributed by atoms with van der Waals surface area (Å²) in [5, 5.41) is 8.19. The van der Waals surface area contributed by atoms with Gasteiger partial charge in [-0.05, 0) is 57.2 Å². The zero-order chi connectivity index (χ0) is 22.0. The van der Waals surface area contributed by atoms with Crippen LogP contribution in [0.4, 0.5) is 11.4 Å². The molecular weight excluding hydrogens is 386 g/mol. The number of aromatic nitrogens is 3. The molecule has 0 atom stereocenters. The Morgan fingerprint density at radius 3 is 2.42 bits per heavy atom. The van der Waals surface area contributed by atoms with Gasteiger partial charge in [-0.15, -0.1) is 0 Å². The molecule has 0 aliphatic rings. The number of amides is 1. The Kier molecular flexibility index (Phi) is 5.71. The van der Waals surface area contributed by atoms with Crippen LogP contribution in [0.15, 0.2) is 60.8 Å². The molecule has 2 heterocycles. The molecule has 0 aliphatic heterocycles. The number of hydrogen-bond donors (Lipinski definition) is 1. The van der Waals surface area contributed by atoms with Crippen molar-refractivity contribution in [2.45, 2.75) is 20.8 Å². The molecule has 31 heavy (non-hydrogen) atoms. The zero-order valence-electron chi connectivity index (χ0n) is 18.4. The van der Waals surface area contributed by atoms with Crippen LogP contribution < -0.4 is 10.2 Å². The third-order valence-corrected chi connectivity index (χ3v) is 5.73. The van der Waals surface area contributed by atoms with Gasteiger partial charge in [0.1, 0.15) is 0 Å². The van der Waals surface area contributed by atoms with Crippen molar-refractivity contribution in [2.24, 2.45) is 7.05 Å². The van der Waals surface area contributed by atoms with Crippen LogP contribution in [0.3, 0.4) is 0 Å². The summed E-state index contributed by atoms with van der Waals surface area (Å²) in [6, 6.07) is 17.5. The van der Waals surface area contributed by atoms with Gasteiger partial charge < -0.3 is 10.2 Å². The quantitative estimate of drug-likeness (QED) is 0.481. The first-order chi connectivity index (χ1) is 15.0. The fraction of sp³-hybridized carbons (Fsp3) is 0.240. The maximum atomic E-state index is 13.3. The smallest absolute Gasteiger partial charge is 0.256 e. The Labute approximate surface area is 182 Å². The van der Waals surface area contributed by atoms with E-state index in [1.807, 2.05) is 73.3 Å². The van der Waals surface area contributed by atoms with E-state index in [9.17, 15) is 4.79 Å². The summed E-state index contributed by atoms with van der Waals surface area (Å²) >= 11 is 0. The molecule has 4 aromatic rings. The van der Waals surface area contributed by atoms with Crippen LogP contribution in [0.1, 0.15) is 29.9 Å². The molecule has 0 aliphatic carbocycles. The maximum Gasteiger partial charge on any atom is 0.256 e. The topological polar surface area (TPSA) is 63.1 Å². The van der Waals surface area contributed by atoms with E-state index in [-0.39, 0.29) is 5.91 Å². The Bertz CT molecular complexity index is 1220. The molecule has 4 rings (SSSR count). The highest BCUT2D eigenvalue weighted by Crippen LogP contribution is 2.27. The molecule has 0 spiro atoms. The van der Waals surface area contributed by atoms with Crippen molar-refractivity contribution in [2.75, 3.05) is 23.3 Å². The molecule has 158 valence electrons. The lowest BCUT2D eigenvalue weighted by Crippen LogP contribution is -2.21. The van der Waals surface area contributed by atoms with Gasteiger partial charge in [0.05, 0.1) is 23.0 Å². The number of carbonyl (C=O) groups excluding carboxylic acids is 1. The molecule has 1 amide bonds. The average Bonchev–Trinajstić information content (AvgIpc) is 3.13. The monoisotopic (exact) mass is 413 g/mol. The lowest BCUT2D eigenvalue weighted by atomic mass is 10.0. The van der Waals surface area contributed by atoms with Crippen molar-refractivity contribution >= 4 is 28.2 Å². The molecule has 0 saturated carbocycles. The van der Waals surface area contributed by atoms with Crippen molar-refractivity contribution in [3.63, 3.8) is 0 Å². The number of nitrogens with one attached hydrogen (secondary N) is 1. The van der Waals surface area contributed by atoms with E-state index < -0.39 is 0 Å². The van der Waals surface area contributed by atoms with E-state index in [1.54, 1.807) is 6.20 Å². The van der Waals surface area contributed by atoms with Crippen LogP contribution >= 0.6 is 0 Å². The number of para-hydroxylation sites is 1. The van der Waals surface area contributed by atoms with Crippen LogP contribution in [0.2, 0.25) is 0 Å². The third kappa shape index (κ3) is 4.01. The number of rotatable bonds is 6. The van der Waals surface area contributed by atoms with Gasteiger partial charge in [0.2, 0.25) is 0 Å². The average molecular weight is 414 g/mol. The molecule has 2 aromatic heterocycles. The van der Waals surface area contributed by atoms with E-state index >= 15 is 0 Å². The summed E-state index contributed by atoms with van der Waals surface area (Å²) in [5.41, 5.74) is 5.95. The summed E-state index contributed by atoms with van der Waals surface area (Å²) in [5.74, 6) is -0.156. The highest BCUT2D eigenvalue weighted by atomic mass is 16.1. The van der Waals surface area contributed by atoms with Crippen LogP contribution in [-0.4, -0.2) is 33.8 Å². The van der Waals surface area contributed by atoms with E-state index in [4.69, 9.17) is 4.98 Å². The zero-order valence-corrected chi connectivity index (χ0v) is 18.4.